The minimum absolute atomic E-state index is 0.205. The molecule has 0 aliphatic rings. The van der Waals surface area contributed by atoms with Crippen molar-refractivity contribution in [1.82, 2.24) is 4.98 Å². The second-order valence-electron chi connectivity index (χ2n) is 6.48. The summed E-state index contributed by atoms with van der Waals surface area (Å²) in [6.07, 6.45) is 2.17. The van der Waals surface area contributed by atoms with Crippen molar-refractivity contribution in [3.8, 4) is 11.3 Å². The van der Waals surface area contributed by atoms with Crippen molar-refractivity contribution in [1.29, 1.82) is 0 Å². The van der Waals surface area contributed by atoms with Crippen LogP contribution in [0.15, 0.2) is 65.3 Å². The van der Waals surface area contributed by atoms with Gasteiger partial charge in [0.1, 0.15) is 17.6 Å². The Morgan fingerprint density at radius 2 is 1.81 bits per heavy atom. The van der Waals surface area contributed by atoms with Crippen LogP contribution in [0.25, 0.3) is 11.3 Å². The molecule has 0 bridgehead atoms. The van der Waals surface area contributed by atoms with Gasteiger partial charge in [0.05, 0.1) is 6.42 Å². The molecule has 3 rings (SSSR count). The first kappa shape index (κ1) is 18.2. The van der Waals surface area contributed by atoms with Crippen LogP contribution in [0, 0.1) is 0 Å². The molecule has 0 atom stereocenters. The highest BCUT2D eigenvalue weighted by Crippen LogP contribution is 2.25. The van der Waals surface area contributed by atoms with E-state index in [1.165, 1.54) is 0 Å². The zero-order valence-corrected chi connectivity index (χ0v) is 15.5. The van der Waals surface area contributed by atoms with Crippen molar-refractivity contribution >= 4 is 17.6 Å². The molecule has 3 aromatic rings. The SMILES string of the molecule is CC(C)(OC(=O)CCc1nc(-c2ccc(Cl)cc2)co1)c1ccccc1. The number of aromatic nitrogens is 1. The topological polar surface area (TPSA) is 52.3 Å². The Labute approximate surface area is 157 Å². The molecule has 0 N–H and O–H groups in total. The maximum absolute atomic E-state index is 12.2. The monoisotopic (exact) mass is 369 g/mol. The lowest BCUT2D eigenvalue weighted by Crippen LogP contribution is -2.25. The molecular weight excluding hydrogens is 350 g/mol. The van der Waals surface area contributed by atoms with Gasteiger partial charge in [0.25, 0.3) is 0 Å². The lowest BCUT2D eigenvalue weighted by Gasteiger charge is -2.25. The molecule has 0 fully saturated rings. The Hall–Kier alpha value is -2.59. The zero-order chi connectivity index (χ0) is 18.6. The van der Waals surface area contributed by atoms with Gasteiger partial charge >= 0.3 is 5.97 Å². The average molecular weight is 370 g/mol. The van der Waals surface area contributed by atoms with E-state index >= 15 is 0 Å². The molecule has 0 amide bonds. The fourth-order valence-corrected chi connectivity index (χ4v) is 2.75. The third-order valence-corrected chi connectivity index (χ3v) is 4.32. The van der Waals surface area contributed by atoms with Gasteiger partial charge in [-0.3, -0.25) is 4.79 Å². The summed E-state index contributed by atoms with van der Waals surface area (Å²) in [5, 5.41) is 0.668. The normalized spacial score (nSPS) is 11.3. The van der Waals surface area contributed by atoms with Gasteiger partial charge in [-0.2, -0.15) is 0 Å². The fraction of sp³-hybridized carbons (Fsp3) is 0.238. The number of ether oxygens (including phenoxy) is 1. The van der Waals surface area contributed by atoms with Gasteiger partial charge in [0, 0.05) is 17.0 Å². The van der Waals surface area contributed by atoms with Crippen molar-refractivity contribution in [3.63, 3.8) is 0 Å². The first-order valence-electron chi connectivity index (χ1n) is 8.42. The molecular formula is C21H20ClNO3. The van der Waals surface area contributed by atoms with Gasteiger partial charge < -0.3 is 9.15 Å². The van der Waals surface area contributed by atoms with Crippen LogP contribution < -0.4 is 0 Å². The molecule has 0 saturated carbocycles. The van der Waals surface area contributed by atoms with Crippen molar-refractivity contribution in [2.45, 2.75) is 32.3 Å². The van der Waals surface area contributed by atoms with E-state index in [2.05, 4.69) is 4.98 Å². The predicted octanol–water partition coefficient (Wildman–Crippen LogP) is 5.41. The van der Waals surface area contributed by atoms with Gasteiger partial charge in [-0.15, -0.1) is 0 Å². The summed E-state index contributed by atoms with van der Waals surface area (Å²) >= 11 is 5.89. The lowest BCUT2D eigenvalue weighted by molar-refractivity contribution is -0.157. The number of halogens is 1. The molecule has 0 aliphatic carbocycles. The van der Waals surface area contributed by atoms with Gasteiger partial charge in [-0.05, 0) is 31.5 Å². The Kier molecular flexibility index (Phi) is 5.43. The number of aryl methyl sites for hydroxylation is 1. The number of nitrogens with zero attached hydrogens (tertiary/aromatic N) is 1. The standard InChI is InChI=1S/C21H20ClNO3/c1-21(2,16-6-4-3-5-7-16)26-20(24)13-12-19-23-18(14-25-19)15-8-10-17(22)11-9-15/h3-11,14H,12-13H2,1-2H3. The molecule has 0 saturated heterocycles. The van der Waals surface area contributed by atoms with E-state index in [0.717, 1.165) is 16.8 Å². The first-order chi connectivity index (χ1) is 12.4. The fourth-order valence-electron chi connectivity index (χ4n) is 2.62. The minimum Gasteiger partial charge on any atom is -0.455 e. The summed E-state index contributed by atoms with van der Waals surface area (Å²) in [6, 6.07) is 17.0. The summed E-state index contributed by atoms with van der Waals surface area (Å²) in [7, 11) is 0. The van der Waals surface area contributed by atoms with E-state index in [9.17, 15) is 4.79 Å². The van der Waals surface area contributed by atoms with E-state index in [4.69, 9.17) is 20.8 Å². The van der Waals surface area contributed by atoms with Crippen LogP contribution in [0.1, 0.15) is 31.7 Å². The van der Waals surface area contributed by atoms with Gasteiger partial charge in [-0.25, -0.2) is 4.98 Å². The van der Waals surface area contributed by atoms with Crippen LogP contribution >= 0.6 is 11.6 Å². The molecule has 0 unspecified atom stereocenters. The van der Waals surface area contributed by atoms with Gasteiger partial charge in [0.2, 0.25) is 0 Å². The number of benzene rings is 2. The van der Waals surface area contributed by atoms with E-state index in [0.29, 0.717) is 17.3 Å². The van der Waals surface area contributed by atoms with Crippen LogP contribution in [0.2, 0.25) is 5.02 Å². The molecule has 0 aliphatic heterocycles. The third-order valence-electron chi connectivity index (χ3n) is 4.07. The second-order valence-corrected chi connectivity index (χ2v) is 6.92. The number of esters is 1. The molecule has 2 aromatic carbocycles. The highest BCUT2D eigenvalue weighted by atomic mass is 35.5. The zero-order valence-electron chi connectivity index (χ0n) is 14.7. The van der Waals surface area contributed by atoms with Crippen LogP contribution in [0.5, 0.6) is 0 Å². The highest BCUT2D eigenvalue weighted by molar-refractivity contribution is 6.30. The molecule has 4 nitrogen and oxygen atoms in total. The molecule has 26 heavy (non-hydrogen) atoms. The van der Waals surface area contributed by atoms with Crippen molar-refractivity contribution in [2.75, 3.05) is 0 Å². The summed E-state index contributed by atoms with van der Waals surface area (Å²) in [5.41, 5.74) is 1.91. The number of hydrogen-bond donors (Lipinski definition) is 0. The van der Waals surface area contributed by atoms with E-state index < -0.39 is 5.60 Å². The Bertz CT molecular complexity index is 870. The second kappa shape index (κ2) is 7.75. The van der Waals surface area contributed by atoms with Gasteiger partial charge in [-0.1, -0.05) is 54.1 Å². The predicted molar refractivity (Wildman–Crippen MR) is 101 cm³/mol. The largest absolute Gasteiger partial charge is 0.455 e. The van der Waals surface area contributed by atoms with Gasteiger partial charge in [0.15, 0.2) is 5.89 Å². The number of carbonyl (C=O) groups excluding carboxylic acids is 1. The third kappa shape index (κ3) is 4.52. The maximum Gasteiger partial charge on any atom is 0.307 e. The number of hydrogen-bond acceptors (Lipinski definition) is 4. The highest BCUT2D eigenvalue weighted by Gasteiger charge is 2.25. The first-order valence-corrected chi connectivity index (χ1v) is 8.79. The van der Waals surface area contributed by atoms with Crippen molar-refractivity contribution in [2.24, 2.45) is 0 Å². The minimum atomic E-state index is -0.677. The van der Waals surface area contributed by atoms with E-state index in [1.807, 2.05) is 56.3 Å². The lowest BCUT2D eigenvalue weighted by atomic mass is 9.98. The maximum atomic E-state index is 12.2. The molecule has 0 spiro atoms. The van der Waals surface area contributed by atoms with Crippen LogP contribution in [0.3, 0.4) is 0 Å². The summed E-state index contributed by atoms with van der Waals surface area (Å²) in [5.74, 6) is 0.217. The number of carbonyl (C=O) groups is 1. The average Bonchev–Trinajstić information content (AvgIpc) is 3.10. The molecule has 1 heterocycles. The Morgan fingerprint density at radius 3 is 2.50 bits per heavy atom. The summed E-state index contributed by atoms with van der Waals surface area (Å²) < 4.78 is 11.1. The van der Waals surface area contributed by atoms with E-state index in [1.54, 1.807) is 18.4 Å². The quantitative estimate of drug-likeness (QED) is 0.545. The van der Waals surface area contributed by atoms with E-state index in [-0.39, 0.29) is 12.4 Å². The van der Waals surface area contributed by atoms with Crippen molar-refractivity contribution < 1.29 is 13.9 Å². The Balaban J connectivity index is 1.57. The summed E-state index contributed by atoms with van der Waals surface area (Å²) in [6.45, 7) is 3.76. The number of rotatable bonds is 6. The van der Waals surface area contributed by atoms with Crippen molar-refractivity contribution in [3.05, 3.63) is 77.3 Å². The van der Waals surface area contributed by atoms with Crippen LogP contribution in [0.4, 0.5) is 0 Å². The summed E-state index contributed by atoms with van der Waals surface area (Å²) in [4.78, 5) is 16.6. The molecule has 0 radical (unpaired) electrons. The van der Waals surface area contributed by atoms with Crippen LogP contribution in [-0.2, 0) is 21.6 Å². The Morgan fingerprint density at radius 1 is 1.12 bits per heavy atom. The smallest absolute Gasteiger partial charge is 0.307 e. The molecule has 5 heteroatoms. The molecule has 1 aromatic heterocycles. The molecule has 134 valence electrons. The van der Waals surface area contributed by atoms with Crippen LogP contribution in [-0.4, -0.2) is 11.0 Å². The number of oxazole rings is 1.